The molecule has 3 N–H and O–H groups in total. The molecule has 1 unspecified atom stereocenters. The zero-order valence-corrected chi connectivity index (χ0v) is 5.90. The molecule has 4 nitrogen and oxygen atoms in total. The highest BCUT2D eigenvalue weighted by atomic mass is 35.5. The molecule has 1 heterocycles. The third-order valence-corrected chi connectivity index (χ3v) is 1.82. The van der Waals surface area contributed by atoms with Crippen molar-refractivity contribution in [2.75, 3.05) is 6.61 Å². The van der Waals surface area contributed by atoms with Crippen LogP contribution in [0.15, 0.2) is 0 Å². The predicted molar refractivity (Wildman–Crippen MR) is 33.6 cm³/mol. The van der Waals surface area contributed by atoms with Crippen LogP contribution in [-0.4, -0.2) is 45.8 Å². The van der Waals surface area contributed by atoms with E-state index in [1.807, 2.05) is 0 Å². The maximum Gasteiger partial charge on any atom is 0.159 e. The minimum absolute atomic E-state index is 0.0353. The summed E-state index contributed by atoms with van der Waals surface area (Å²) in [6.07, 6.45) is -3.44. The average Bonchev–Trinajstić information content (AvgIpc) is 1.93. The van der Waals surface area contributed by atoms with Crippen molar-refractivity contribution in [3.63, 3.8) is 0 Å². The quantitative estimate of drug-likeness (QED) is 0.392. The topological polar surface area (TPSA) is 69.9 Å². The van der Waals surface area contributed by atoms with E-state index >= 15 is 0 Å². The predicted octanol–water partition coefficient (Wildman–Crippen LogP) is -1.34. The van der Waals surface area contributed by atoms with Gasteiger partial charge in [0.2, 0.25) is 0 Å². The number of aliphatic hydroxyl groups is 3. The molecule has 0 bridgehead atoms. The average molecular weight is 169 g/mol. The summed E-state index contributed by atoms with van der Waals surface area (Å²) in [6, 6.07) is 0. The summed E-state index contributed by atoms with van der Waals surface area (Å²) in [5.41, 5.74) is -0.918. The molecule has 10 heavy (non-hydrogen) atoms. The number of aliphatic hydroxyl groups excluding tert-OH is 3. The summed E-state index contributed by atoms with van der Waals surface area (Å²) in [6.45, 7) is -0.0353. The summed E-state index contributed by atoms with van der Waals surface area (Å²) < 4.78 is 4.68. The number of hydrogen-bond acceptors (Lipinski definition) is 4. The number of rotatable bonds is 0. The molecule has 0 aliphatic carbocycles. The van der Waals surface area contributed by atoms with Gasteiger partial charge in [-0.15, -0.1) is 0 Å². The lowest BCUT2D eigenvalue weighted by Gasteiger charge is -2.31. The Morgan fingerprint density at radius 2 is 1.80 bits per heavy atom. The van der Waals surface area contributed by atoms with Crippen LogP contribution in [0, 0.1) is 0 Å². The Morgan fingerprint density at radius 3 is 2.30 bits per heavy atom. The van der Waals surface area contributed by atoms with Crippen LogP contribution in [0.2, 0.25) is 0 Å². The molecule has 4 atom stereocenters. The van der Waals surface area contributed by atoms with E-state index < -0.39 is 23.9 Å². The smallest absolute Gasteiger partial charge is 0.159 e. The Bertz CT molecular complexity index is 106. The van der Waals surface area contributed by atoms with Gasteiger partial charge in [-0.25, -0.2) is 0 Å². The number of halogens is 1. The number of ether oxygens (including phenoxy) is 1. The Morgan fingerprint density at radius 1 is 1.20 bits per heavy atom. The molecular weight excluding hydrogens is 160 g/mol. The summed E-state index contributed by atoms with van der Waals surface area (Å²) in [5, 5.41) is 26.8. The van der Waals surface area contributed by atoms with E-state index in [0.717, 1.165) is 0 Å². The second-order valence-corrected chi connectivity index (χ2v) is 2.66. The lowest BCUT2D eigenvalue weighted by atomic mass is 10.1. The molecule has 1 aliphatic rings. The molecule has 0 aromatic carbocycles. The van der Waals surface area contributed by atoms with E-state index in [-0.39, 0.29) is 6.61 Å². The molecule has 0 saturated carbocycles. The summed E-state index contributed by atoms with van der Waals surface area (Å²) in [7, 11) is 0. The van der Waals surface area contributed by atoms with Crippen molar-refractivity contribution >= 4 is 11.6 Å². The Labute approximate surface area is 63.0 Å². The van der Waals surface area contributed by atoms with Crippen molar-refractivity contribution in [3.05, 3.63) is 0 Å². The monoisotopic (exact) mass is 168 g/mol. The first kappa shape index (κ1) is 8.23. The van der Waals surface area contributed by atoms with Crippen LogP contribution in [0.25, 0.3) is 0 Å². The number of hydrogen-bond donors (Lipinski definition) is 3. The molecule has 1 saturated heterocycles. The fourth-order valence-corrected chi connectivity index (χ4v) is 0.992. The highest BCUT2D eigenvalue weighted by Crippen LogP contribution is 2.17. The van der Waals surface area contributed by atoms with Gasteiger partial charge in [-0.1, -0.05) is 11.6 Å². The molecule has 0 spiro atoms. The fraction of sp³-hybridized carbons (Fsp3) is 1.00. The maximum absolute atomic E-state index is 8.95. The van der Waals surface area contributed by atoms with Crippen molar-refractivity contribution in [1.29, 1.82) is 0 Å². The second-order valence-electron chi connectivity index (χ2n) is 2.23. The van der Waals surface area contributed by atoms with Crippen molar-refractivity contribution in [1.82, 2.24) is 0 Å². The fourth-order valence-electron chi connectivity index (χ4n) is 0.770. The Hall–Kier alpha value is 0.130. The van der Waals surface area contributed by atoms with Gasteiger partial charge in [0.25, 0.3) is 0 Å². The van der Waals surface area contributed by atoms with Crippen LogP contribution < -0.4 is 0 Å². The standard InChI is InChI=1S/C5H9ClO4/c6-5-4(9)3(8)2(7)1-10-5/h2-5,7-9H,1H2/t2-,3+,4+,5?/m0/s1. The maximum atomic E-state index is 8.95. The van der Waals surface area contributed by atoms with Gasteiger partial charge in [0, 0.05) is 0 Å². The molecular formula is C5H9ClO4. The van der Waals surface area contributed by atoms with E-state index in [2.05, 4.69) is 4.74 Å². The van der Waals surface area contributed by atoms with Gasteiger partial charge in [0.15, 0.2) is 5.56 Å². The first-order valence-corrected chi connectivity index (χ1v) is 3.36. The van der Waals surface area contributed by atoms with Crippen LogP contribution in [0.5, 0.6) is 0 Å². The molecule has 0 aromatic rings. The zero-order valence-electron chi connectivity index (χ0n) is 5.14. The first-order valence-electron chi connectivity index (χ1n) is 2.93. The van der Waals surface area contributed by atoms with Gasteiger partial charge >= 0.3 is 0 Å². The van der Waals surface area contributed by atoms with Crippen LogP contribution in [0.4, 0.5) is 0 Å². The molecule has 0 radical (unpaired) electrons. The van der Waals surface area contributed by atoms with E-state index in [4.69, 9.17) is 26.9 Å². The highest BCUT2D eigenvalue weighted by Gasteiger charge is 2.36. The van der Waals surface area contributed by atoms with Crippen molar-refractivity contribution in [3.8, 4) is 0 Å². The normalized spacial score (nSPS) is 49.2. The summed E-state index contributed by atoms with van der Waals surface area (Å²) in [5.74, 6) is 0. The second kappa shape index (κ2) is 3.02. The Kier molecular flexibility index (Phi) is 2.49. The van der Waals surface area contributed by atoms with E-state index in [1.54, 1.807) is 0 Å². The van der Waals surface area contributed by atoms with E-state index in [0.29, 0.717) is 0 Å². The number of alkyl halides is 1. The zero-order chi connectivity index (χ0) is 7.72. The molecule has 5 heteroatoms. The Balaban J connectivity index is 2.52. The van der Waals surface area contributed by atoms with E-state index in [1.165, 1.54) is 0 Å². The highest BCUT2D eigenvalue weighted by molar-refractivity contribution is 6.20. The van der Waals surface area contributed by atoms with Gasteiger partial charge in [-0.05, 0) is 0 Å². The van der Waals surface area contributed by atoms with E-state index in [9.17, 15) is 0 Å². The third kappa shape index (κ3) is 1.41. The van der Waals surface area contributed by atoms with Gasteiger partial charge in [-0.3, -0.25) is 0 Å². The minimum Gasteiger partial charge on any atom is -0.388 e. The van der Waals surface area contributed by atoms with Crippen LogP contribution in [-0.2, 0) is 4.74 Å². The lowest BCUT2D eigenvalue weighted by Crippen LogP contribution is -2.50. The first-order chi connectivity index (χ1) is 4.63. The SMILES string of the molecule is O[C@@H]1[C@@H](O)COC(Cl)[C@@H]1O. The van der Waals surface area contributed by atoms with Crippen LogP contribution in [0.3, 0.4) is 0 Å². The van der Waals surface area contributed by atoms with Gasteiger partial charge in [0.1, 0.15) is 18.3 Å². The molecule has 1 aliphatic heterocycles. The largest absolute Gasteiger partial charge is 0.388 e. The molecule has 1 fully saturated rings. The summed E-state index contributed by atoms with van der Waals surface area (Å²) in [4.78, 5) is 0. The van der Waals surface area contributed by atoms with Crippen LogP contribution >= 0.6 is 11.6 Å². The van der Waals surface area contributed by atoms with Crippen molar-refractivity contribution in [2.45, 2.75) is 23.9 Å². The molecule has 60 valence electrons. The molecule has 0 amide bonds. The summed E-state index contributed by atoms with van der Waals surface area (Å²) >= 11 is 5.38. The third-order valence-electron chi connectivity index (χ3n) is 1.44. The van der Waals surface area contributed by atoms with Gasteiger partial charge in [0.05, 0.1) is 6.61 Å². The van der Waals surface area contributed by atoms with Gasteiger partial charge in [-0.2, -0.15) is 0 Å². The lowest BCUT2D eigenvalue weighted by molar-refractivity contribution is -0.163. The van der Waals surface area contributed by atoms with Crippen LogP contribution in [0.1, 0.15) is 0 Å². The minimum atomic E-state index is -1.20. The van der Waals surface area contributed by atoms with Crippen molar-refractivity contribution in [2.24, 2.45) is 0 Å². The van der Waals surface area contributed by atoms with Gasteiger partial charge < -0.3 is 20.1 Å². The molecule has 1 rings (SSSR count). The van der Waals surface area contributed by atoms with Crippen molar-refractivity contribution < 1.29 is 20.1 Å². The molecule has 0 aromatic heterocycles.